The fraction of sp³-hybridized carbons (Fsp3) is 0.600. The molecular formula is C20H26O3. The molecule has 1 aliphatic heterocycles. The fourth-order valence-electron chi connectivity index (χ4n) is 4.98. The molecule has 3 aliphatic rings. The van der Waals surface area contributed by atoms with E-state index in [1.165, 1.54) is 5.57 Å². The van der Waals surface area contributed by atoms with Crippen molar-refractivity contribution in [1.82, 2.24) is 0 Å². The highest BCUT2D eigenvalue weighted by atomic mass is 16.5. The molecule has 0 bridgehead atoms. The van der Waals surface area contributed by atoms with E-state index in [2.05, 4.69) is 33.4 Å². The molecule has 0 N–H and O–H groups in total. The van der Waals surface area contributed by atoms with Crippen LogP contribution >= 0.6 is 0 Å². The monoisotopic (exact) mass is 314 g/mol. The minimum absolute atomic E-state index is 0.0340. The predicted octanol–water partition coefficient (Wildman–Crippen LogP) is 4.00. The van der Waals surface area contributed by atoms with Crippen LogP contribution < -0.4 is 0 Å². The van der Waals surface area contributed by atoms with Gasteiger partial charge in [0.15, 0.2) is 0 Å². The van der Waals surface area contributed by atoms with Crippen LogP contribution in [0.4, 0.5) is 0 Å². The number of carbonyl (C=O) groups excluding carboxylic acids is 2. The van der Waals surface area contributed by atoms with Gasteiger partial charge >= 0.3 is 5.97 Å². The second kappa shape index (κ2) is 5.47. The minimum Gasteiger partial charge on any atom is -0.458 e. The molecule has 0 radical (unpaired) electrons. The largest absolute Gasteiger partial charge is 0.458 e. The molecule has 0 unspecified atom stereocenters. The molecule has 1 heterocycles. The summed E-state index contributed by atoms with van der Waals surface area (Å²) >= 11 is 0. The first-order valence-electron chi connectivity index (χ1n) is 8.53. The summed E-state index contributed by atoms with van der Waals surface area (Å²) in [7, 11) is 0. The van der Waals surface area contributed by atoms with E-state index in [1.54, 1.807) is 0 Å². The van der Waals surface area contributed by atoms with Gasteiger partial charge in [-0.25, -0.2) is 4.79 Å². The number of cyclic esters (lactones) is 1. The van der Waals surface area contributed by atoms with Gasteiger partial charge in [-0.1, -0.05) is 45.1 Å². The maximum absolute atomic E-state index is 12.4. The zero-order chi connectivity index (χ0) is 16.8. The highest BCUT2D eigenvalue weighted by molar-refractivity contribution is 5.93. The number of hydrogen-bond acceptors (Lipinski definition) is 3. The summed E-state index contributed by atoms with van der Waals surface area (Å²) in [5.74, 6) is 0.713. The van der Waals surface area contributed by atoms with E-state index in [0.29, 0.717) is 30.3 Å². The third-order valence-electron chi connectivity index (χ3n) is 6.40. The molecule has 3 nitrogen and oxygen atoms in total. The molecule has 0 aromatic carbocycles. The summed E-state index contributed by atoms with van der Waals surface area (Å²) in [6, 6.07) is 0. The van der Waals surface area contributed by atoms with E-state index in [4.69, 9.17) is 4.74 Å². The number of allylic oxidation sites excluding steroid dienone is 2. The van der Waals surface area contributed by atoms with Gasteiger partial charge in [0.2, 0.25) is 0 Å². The Morgan fingerprint density at radius 2 is 2.00 bits per heavy atom. The number of ketones is 1. The zero-order valence-electron chi connectivity index (χ0n) is 14.4. The van der Waals surface area contributed by atoms with Crippen LogP contribution in [-0.2, 0) is 14.3 Å². The van der Waals surface area contributed by atoms with Gasteiger partial charge in [0.05, 0.1) is 5.57 Å². The summed E-state index contributed by atoms with van der Waals surface area (Å²) < 4.78 is 4.96. The predicted molar refractivity (Wildman–Crippen MR) is 89.7 cm³/mol. The van der Waals surface area contributed by atoms with Crippen LogP contribution in [0, 0.1) is 22.7 Å². The molecule has 0 spiro atoms. The lowest BCUT2D eigenvalue weighted by atomic mass is 9.47. The average molecular weight is 314 g/mol. The zero-order valence-corrected chi connectivity index (χ0v) is 14.4. The Morgan fingerprint density at radius 3 is 2.65 bits per heavy atom. The fourth-order valence-corrected chi connectivity index (χ4v) is 4.98. The second-order valence-corrected chi connectivity index (χ2v) is 7.99. The van der Waals surface area contributed by atoms with E-state index < -0.39 is 0 Å². The summed E-state index contributed by atoms with van der Waals surface area (Å²) in [5, 5.41) is 0. The van der Waals surface area contributed by atoms with Gasteiger partial charge in [0.1, 0.15) is 12.4 Å². The van der Waals surface area contributed by atoms with Crippen molar-refractivity contribution in [3.05, 3.63) is 36.0 Å². The SMILES string of the molecule is C=C1CC[C@H]2C(C)(C)C(=O)CC[C@]2(C)[C@H]1/C=C/C1=CCOC1=O. The summed E-state index contributed by atoms with van der Waals surface area (Å²) in [6.45, 7) is 11.2. The van der Waals surface area contributed by atoms with Gasteiger partial charge < -0.3 is 4.74 Å². The molecule has 124 valence electrons. The van der Waals surface area contributed by atoms with Crippen molar-refractivity contribution >= 4 is 11.8 Å². The van der Waals surface area contributed by atoms with Gasteiger partial charge in [0.25, 0.3) is 0 Å². The molecular weight excluding hydrogens is 288 g/mol. The molecule has 0 aromatic rings. The molecule has 23 heavy (non-hydrogen) atoms. The first kappa shape index (κ1) is 16.2. The molecule has 0 amide bonds. The molecule has 3 rings (SSSR count). The van der Waals surface area contributed by atoms with E-state index in [1.807, 2.05) is 12.2 Å². The van der Waals surface area contributed by atoms with Crippen LogP contribution in [0.15, 0.2) is 36.0 Å². The Bertz CT molecular complexity index is 623. The standard InChI is InChI=1S/C20H26O3/c1-13-5-8-16-19(2,3)17(21)9-11-20(16,4)15(13)7-6-14-10-12-23-18(14)22/h6-7,10,15-16H,1,5,8-9,11-12H2,2-4H3/b7-6+/t15-,16-,20+/m0/s1. The third kappa shape index (κ3) is 2.50. The smallest absolute Gasteiger partial charge is 0.338 e. The second-order valence-electron chi connectivity index (χ2n) is 7.99. The van der Waals surface area contributed by atoms with E-state index in [0.717, 1.165) is 19.3 Å². The maximum atomic E-state index is 12.4. The Balaban J connectivity index is 1.92. The van der Waals surface area contributed by atoms with Crippen LogP contribution in [-0.4, -0.2) is 18.4 Å². The van der Waals surface area contributed by atoms with E-state index in [9.17, 15) is 9.59 Å². The van der Waals surface area contributed by atoms with Gasteiger partial charge in [0, 0.05) is 17.8 Å². The summed E-state index contributed by atoms with van der Waals surface area (Å²) in [6.07, 6.45) is 9.36. The highest BCUT2D eigenvalue weighted by Crippen LogP contribution is 2.60. The van der Waals surface area contributed by atoms with Crippen molar-refractivity contribution in [2.24, 2.45) is 22.7 Å². The number of hydrogen-bond donors (Lipinski definition) is 0. The molecule has 3 heteroatoms. The Hall–Kier alpha value is -1.64. The molecule has 2 fully saturated rings. The van der Waals surface area contributed by atoms with Gasteiger partial charge in [-0.3, -0.25) is 4.79 Å². The van der Waals surface area contributed by atoms with Gasteiger partial charge in [-0.05, 0) is 36.7 Å². The molecule has 3 atom stereocenters. The summed E-state index contributed by atoms with van der Waals surface area (Å²) in [5.41, 5.74) is 1.62. The molecule has 0 saturated heterocycles. The topological polar surface area (TPSA) is 43.4 Å². The number of fused-ring (bicyclic) bond motifs is 1. The number of ether oxygens (including phenoxy) is 1. The van der Waals surface area contributed by atoms with Gasteiger partial charge in [-0.2, -0.15) is 0 Å². The van der Waals surface area contributed by atoms with Crippen molar-refractivity contribution < 1.29 is 14.3 Å². The van der Waals surface area contributed by atoms with E-state index in [-0.39, 0.29) is 22.7 Å². The maximum Gasteiger partial charge on any atom is 0.338 e. The van der Waals surface area contributed by atoms with Crippen molar-refractivity contribution in [3.63, 3.8) is 0 Å². The summed E-state index contributed by atoms with van der Waals surface area (Å²) in [4.78, 5) is 24.0. The van der Waals surface area contributed by atoms with Crippen LogP contribution in [0.25, 0.3) is 0 Å². The third-order valence-corrected chi connectivity index (χ3v) is 6.40. The Kier molecular flexibility index (Phi) is 3.86. The van der Waals surface area contributed by atoms with Crippen LogP contribution in [0.2, 0.25) is 0 Å². The van der Waals surface area contributed by atoms with Crippen molar-refractivity contribution in [1.29, 1.82) is 0 Å². The number of Topliss-reactive ketones (excluding diaryl/α,β-unsaturated/α-hetero) is 1. The molecule has 0 aromatic heterocycles. The number of rotatable bonds is 2. The van der Waals surface area contributed by atoms with Gasteiger partial charge in [-0.15, -0.1) is 0 Å². The molecule has 2 aliphatic carbocycles. The number of esters is 1. The quantitative estimate of drug-likeness (QED) is 0.571. The lowest BCUT2D eigenvalue weighted by Gasteiger charge is -2.56. The van der Waals surface area contributed by atoms with Crippen molar-refractivity contribution in [3.8, 4) is 0 Å². The van der Waals surface area contributed by atoms with Crippen LogP contribution in [0.5, 0.6) is 0 Å². The van der Waals surface area contributed by atoms with Crippen molar-refractivity contribution in [2.75, 3.05) is 6.61 Å². The van der Waals surface area contributed by atoms with Crippen LogP contribution in [0.3, 0.4) is 0 Å². The van der Waals surface area contributed by atoms with Crippen LogP contribution in [0.1, 0.15) is 46.5 Å². The Labute approximate surface area is 138 Å². The first-order chi connectivity index (χ1) is 10.8. The Morgan fingerprint density at radius 1 is 1.26 bits per heavy atom. The lowest BCUT2D eigenvalue weighted by Crippen LogP contribution is -2.52. The van der Waals surface area contributed by atoms with Crippen molar-refractivity contribution in [2.45, 2.75) is 46.5 Å². The first-order valence-corrected chi connectivity index (χ1v) is 8.53. The number of carbonyl (C=O) groups is 2. The molecule has 2 saturated carbocycles. The minimum atomic E-state index is -0.272. The lowest BCUT2D eigenvalue weighted by molar-refractivity contribution is -0.143. The average Bonchev–Trinajstić information content (AvgIpc) is 2.88. The normalized spacial score (nSPS) is 36.8. The van der Waals surface area contributed by atoms with E-state index >= 15 is 0 Å². The highest BCUT2D eigenvalue weighted by Gasteiger charge is 2.55.